The van der Waals surface area contributed by atoms with Gasteiger partial charge in [-0.15, -0.1) is 0 Å². The lowest BCUT2D eigenvalue weighted by Crippen LogP contribution is -2.54. The standard InChI is InChI=1S/C17H20N2O3S/c1-11-6-8-12(9-7-11)16(21)18-13-4-2-3-5-14(13)19-15(20)10-23-17(19)22/h6-9,13-14H,2-5,10H2,1H3,(H,18,21)/t13-,14-/m1/s1. The summed E-state index contributed by atoms with van der Waals surface area (Å²) < 4.78 is 0. The van der Waals surface area contributed by atoms with Crippen LogP contribution in [0.15, 0.2) is 24.3 Å². The average Bonchev–Trinajstić information content (AvgIpc) is 2.87. The molecule has 5 nitrogen and oxygen atoms in total. The minimum Gasteiger partial charge on any atom is -0.347 e. The summed E-state index contributed by atoms with van der Waals surface area (Å²) >= 11 is 1.05. The molecule has 2 fully saturated rings. The largest absolute Gasteiger partial charge is 0.347 e. The second kappa shape index (κ2) is 6.74. The molecule has 2 atom stereocenters. The third-order valence-corrected chi connectivity index (χ3v) is 5.31. The van der Waals surface area contributed by atoms with E-state index in [4.69, 9.17) is 0 Å². The van der Waals surface area contributed by atoms with Gasteiger partial charge in [0.15, 0.2) is 0 Å². The zero-order valence-electron chi connectivity index (χ0n) is 13.1. The van der Waals surface area contributed by atoms with Crippen LogP contribution in [0.5, 0.6) is 0 Å². The molecule has 23 heavy (non-hydrogen) atoms. The molecule has 0 aromatic heterocycles. The number of amides is 3. The molecule has 0 spiro atoms. The summed E-state index contributed by atoms with van der Waals surface area (Å²) in [6.45, 7) is 1.97. The Morgan fingerprint density at radius 3 is 2.52 bits per heavy atom. The van der Waals surface area contributed by atoms with Crippen molar-refractivity contribution in [1.29, 1.82) is 0 Å². The summed E-state index contributed by atoms with van der Waals surface area (Å²) in [5.41, 5.74) is 1.70. The number of hydrogen-bond acceptors (Lipinski definition) is 4. The van der Waals surface area contributed by atoms with Crippen molar-refractivity contribution < 1.29 is 14.4 Å². The predicted molar refractivity (Wildman–Crippen MR) is 89.4 cm³/mol. The topological polar surface area (TPSA) is 66.5 Å². The smallest absolute Gasteiger partial charge is 0.289 e. The average molecular weight is 332 g/mol. The monoisotopic (exact) mass is 332 g/mol. The molecule has 1 saturated heterocycles. The van der Waals surface area contributed by atoms with E-state index < -0.39 is 0 Å². The third-order valence-electron chi connectivity index (χ3n) is 4.48. The van der Waals surface area contributed by atoms with E-state index in [1.54, 1.807) is 12.1 Å². The Kier molecular flexibility index (Phi) is 4.71. The highest BCUT2D eigenvalue weighted by Gasteiger charge is 2.41. The van der Waals surface area contributed by atoms with Crippen LogP contribution in [0.25, 0.3) is 0 Å². The molecule has 2 aliphatic rings. The number of hydrogen-bond donors (Lipinski definition) is 1. The van der Waals surface area contributed by atoms with Crippen molar-refractivity contribution in [3.63, 3.8) is 0 Å². The van der Waals surface area contributed by atoms with E-state index in [0.717, 1.165) is 43.0 Å². The van der Waals surface area contributed by atoms with Gasteiger partial charge in [-0.05, 0) is 31.9 Å². The van der Waals surface area contributed by atoms with Crippen molar-refractivity contribution in [3.8, 4) is 0 Å². The van der Waals surface area contributed by atoms with E-state index in [-0.39, 0.29) is 34.9 Å². The highest BCUT2D eigenvalue weighted by molar-refractivity contribution is 8.14. The first-order chi connectivity index (χ1) is 11.1. The van der Waals surface area contributed by atoms with Gasteiger partial charge < -0.3 is 5.32 Å². The Morgan fingerprint density at radius 1 is 1.17 bits per heavy atom. The molecule has 3 amide bonds. The zero-order chi connectivity index (χ0) is 16.4. The second-order valence-corrected chi connectivity index (χ2v) is 7.04. The van der Waals surface area contributed by atoms with Gasteiger partial charge in [-0.3, -0.25) is 19.3 Å². The Labute approximate surface area is 139 Å². The van der Waals surface area contributed by atoms with E-state index in [1.165, 1.54) is 4.90 Å². The first kappa shape index (κ1) is 16.1. The number of carbonyl (C=O) groups is 3. The summed E-state index contributed by atoms with van der Waals surface area (Å²) in [5, 5.41) is 2.84. The van der Waals surface area contributed by atoms with Gasteiger partial charge in [0.25, 0.3) is 11.1 Å². The van der Waals surface area contributed by atoms with Gasteiger partial charge >= 0.3 is 0 Å². The van der Waals surface area contributed by atoms with Crippen LogP contribution in [0.4, 0.5) is 4.79 Å². The van der Waals surface area contributed by atoms with Crippen molar-refractivity contribution in [3.05, 3.63) is 35.4 Å². The summed E-state index contributed by atoms with van der Waals surface area (Å²) in [5.74, 6) is -0.0661. The molecule has 1 aromatic rings. The summed E-state index contributed by atoms with van der Waals surface area (Å²) in [6, 6.07) is 7.02. The van der Waals surface area contributed by atoms with Crippen molar-refractivity contribution in [1.82, 2.24) is 10.2 Å². The lowest BCUT2D eigenvalue weighted by molar-refractivity contribution is -0.127. The maximum atomic E-state index is 12.4. The maximum Gasteiger partial charge on any atom is 0.289 e. The van der Waals surface area contributed by atoms with E-state index >= 15 is 0 Å². The molecule has 1 aromatic carbocycles. The summed E-state index contributed by atoms with van der Waals surface area (Å²) in [4.78, 5) is 37.8. The SMILES string of the molecule is Cc1ccc(C(=O)N[C@@H]2CCCC[C@H]2N2C(=O)CSC2=O)cc1. The number of rotatable bonds is 3. The Morgan fingerprint density at radius 2 is 1.87 bits per heavy atom. The van der Waals surface area contributed by atoms with Crippen LogP contribution in [0.2, 0.25) is 0 Å². The van der Waals surface area contributed by atoms with E-state index in [9.17, 15) is 14.4 Å². The lowest BCUT2D eigenvalue weighted by atomic mass is 9.89. The molecule has 1 aliphatic heterocycles. The van der Waals surface area contributed by atoms with Crippen LogP contribution < -0.4 is 5.32 Å². The van der Waals surface area contributed by atoms with Crippen molar-refractivity contribution in [2.75, 3.05) is 5.75 Å². The molecule has 3 rings (SSSR count). The molecule has 1 saturated carbocycles. The van der Waals surface area contributed by atoms with E-state index in [1.807, 2.05) is 19.1 Å². The maximum absolute atomic E-state index is 12.4. The summed E-state index contributed by atoms with van der Waals surface area (Å²) in [7, 11) is 0. The number of carbonyl (C=O) groups excluding carboxylic acids is 3. The molecule has 122 valence electrons. The van der Waals surface area contributed by atoms with Crippen LogP contribution in [-0.4, -0.2) is 39.8 Å². The number of thioether (sulfide) groups is 1. The molecule has 6 heteroatoms. The highest BCUT2D eigenvalue weighted by atomic mass is 32.2. The van der Waals surface area contributed by atoms with E-state index in [0.29, 0.717) is 5.56 Å². The third kappa shape index (κ3) is 3.42. The molecular weight excluding hydrogens is 312 g/mol. The number of nitrogens with one attached hydrogen (secondary N) is 1. The van der Waals surface area contributed by atoms with Crippen LogP contribution in [-0.2, 0) is 4.79 Å². The number of imide groups is 1. The lowest BCUT2D eigenvalue weighted by Gasteiger charge is -2.36. The second-order valence-electron chi connectivity index (χ2n) is 6.12. The highest BCUT2D eigenvalue weighted by Crippen LogP contribution is 2.30. The molecule has 1 N–H and O–H groups in total. The van der Waals surface area contributed by atoms with Crippen LogP contribution in [0.3, 0.4) is 0 Å². The van der Waals surface area contributed by atoms with Crippen LogP contribution >= 0.6 is 11.8 Å². The quantitative estimate of drug-likeness (QED) is 0.924. The fourth-order valence-electron chi connectivity index (χ4n) is 3.23. The number of nitrogens with zero attached hydrogens (tertiary/aromatic N) is 1. The van der Waals surface area contributed by atoms with Crippen LogP contribution in [0.1, 0.15) is 41.6 Å². The molecule has 0 radical (unpaired) electrons. The Hall–Kier alpha value is -1.82. The van der Waals surface area contributed by atoms with Gasteiger partial charge in [-0.1, -0.05) is 42.3 Å². The van der Waals surface area contributed by atoms with Crippen LogP contribution in [0, 0.1) is 6.92 Å². The predicted octanol–water partition coefficient (Wildman–Crippen LogP) is 2.73. The van der Waals surface area contributed by atoms with Crippen molar-refractivity contribution in [2.24, 2.45) is 0 Å². The molecular formula is C17H20N2O3S. The van der Waals surface area contributed by atoms with Gasteiger partial charge in [0.2, 0.25) is 5.91 Å². The summed E-state index contributed by atoms with van der Waals surface area (Å²) in [6.07, 6.45) is 3.53. The fourth-order valence-corrected chi connectivity index (χ4v) is 3.99. The molecule has 0 unspecified atom stereocenters. The number of benzene rings is 1. The van der Waals surface area contributed by atoms with Crippen molar-refractivity contribution >= 4 is 28.8 Å². The normalized spacial score (nSPS) is 24.8. The molecule has 1 heterocycles. The van der Waals surface area contributed by atoms with Gasteiger partial charge in [0.1, 0.15) is 0 Å². The zero-order valence-corrected chi connectivity index (χ0v) is 13.9. The first-order valence-corrected chi connectivity index (χ1v) is 8.91. The van der Waals surface area contributed by atoms with E-state index in [2.05, 4.69) is 5.32 Å². The molecule has 1 aliphatic carbocycles. The fraction of sp³-hybridized carbons (Fsp3) is 0.471. The van der Waals surface area contributed by atoms with Gasteiger partial charge in [-0.2, -0.15) is 0 Å². The van der Waals surface area contributed by atoms with Crippen molar-refractivity contribution in [2.45, 2.75) is 44.7 Å². The first-order valence-electron chi connectivity index (χ1n) is 7.92. The number of aryl methyl sites for hydroxylation is 1. The van der Waals surface area contributed by atoms with Gasteiger partial charge in [0.05, 0.1) is 17.8 Å². The molecule has 0 bridgehead atoms. The van der Waals surface area contributed by atoms with Gasteiger partial charge in [0, 0.05) is 5.56 Å². The van der Waals surface area contributed by atoms with Gasteiger partial charge in [-0.25, -0.2) is 0 Å². The Balaban J connectivity index is 1.74. The Bertz CT molecular complexity index is 613. The minimum atomic E-state index is -0.215. The minimum absolute atomic E-state index is 0.138.